The molecule has 0 spiro atoms. The van der Waals surface area contributed by atoms with Gasteiger partial charge in [-0.1, -0.05) is 22.0 Å². The second-order valence-electron chi connectivity index (χ2n) is 4.87. The van der Waals surface area contributed by atoms with Crippen LogP contribution in [0.15, 0.2) is 40.9 Å². The molecule has 24 heavy (non-hydrogen) atoms. The number of nitrogens with two attached hydrogens (primary N) is 1. The van der Waals surface area contributed by atoms with Crippen LogP contribution in [-0.4, -0.2) is 17.0 Å². The van der Waals surface area contributed by atoms with Crippen molar-refractivity contribution in [3.05, 3.63) is 63.6 Å². The van der Waals surface area contributed by atoms with E-state index >= 15 is 0 Å². The van der Waals surface area contributed by atoms with Gasteiger partial charge in [0.05, 0.1) is 6.42 Å². The lowest BCUT2D eigenvalue weighted by molar-refractivity contribution is -0.137. The van der Waals surface area contributed by atoms with Crippen molar-refractivity contribution in [2.45, 2.75) is 12.5 Å². The number of aliphatic carboxylic acids is 1. The fraction of sp³-hybridized carbons (Fsp3) is 0.125. The van der Waals surface area contributed by atoms with Gasteiger partial charge in [-0.15, -0.1) is 0 Å². The molecule has 1 atom stereocenters. The average Bonchev–Trinajstić information content (AvgIpc) is 2.48. The molecular weight excluding hydrogens is 388 g/mol. The van der Waals surface area contributed by atoms with E-state index in [4.69, 9.17) is 15.6 Å². The number of carbonyl (C=O) groups excluding carboxylic acids is 1. The maximum absolute atomic E-state index is 13.6. The Kier molecular flexibility index (Phi) is 5.63. The van der Waals surface area contributed by atoms with Crippen LogP contribution in [0.1, 0.15) is 28.4 Å². The molecule has 0 aliphatic rings. The van der Waals surface area contributed by atoms with E-state index in [-0.39, 0.29) is 11.3 Å². The first-order chi connectivity index (χ1) is 11.3. The second-order valence-corrected chi connectivity index (χ2v) is 5.79. The summed E-state index contributed by atoms with van der Waals surface area (Å²) in [5.74, 6) is -4.57. The average molecular weight is 400 g/mol. The number of carbonyl (C=O) groups is 2. The van der Waals surface area contributed by atoms with Gasteiger partial charge in [-0.2, -0.15) is 0 Å². The normalized spacial score (nSPS) is 11.8. The van der Waals surface area contributed by atoms with Crippen molar-refractivity contribution >= 4 is 27.9 Å². The molecule has 3 N–H and O–H groups in total. The molecule has 0 amide bonds. The van der Waals surface area contributed by atoms with E-state index in [2.05, 4.69) is 15.9 Å². The molecule has 126 valence electrons. The van der Waals surface area contributed by atoms with E-state index in [1.807, 2.05) is 0 Å². The van der Waals surface area contributed by atoms with Crippen molar-refractivity contribution < 1.29 is 28.2 Å². The van der Waals surface area contributed by atoms with Crippen LogP contribution in [0.5, 0.6) is 5.75 Å². The van der Waals surface area contributed by atoms with Crippen LogP contribution < -0.4 is 10.5 Å². The molecule has 2 aromatic rings. The van der Waals surface area contributed by atoms with Gasteiger partial charge in [0, 0.05) is 16.1 Å². The standard InChI is InChI=1S/C16H12BrF2NO4/c17-8-4-5-13(9(6-8)12(20)7-14(21)22)24-16(23)15-10(18)2-1-3-11(15)19/h1-6,12H,7,20H2,(H,21,22). The number of ether oxygens (including phenoxy) is 1. The highest BCUT2D eigenvalue weighted by atomic mass is 79.9. The first-order valence-corrected chi connectivity index (χ1v) is 7.52. The molecule has 0 aliphatic heterocycles. The zero-order chi connectivity index (χ0) is 17.9. The number of halogens is 3. The fourth-order valence-corrected chi connectivity index (χ4v) is 2.42. The van der Waals surface area contributed by atoms with Crippen molar-refractivity contribution in [1.29, 1.82) is 0 Å². The van der Waals surface area contributed by atoms with Gasteiger partial charge in [-0.25, -0.2) is 13.6 Å². The van der Waals surface area contributed by atoms with Gasteiger partial charge >= 0.3 is 11.9 Å². The fourth-order valence-electron chi connectivity index (χ4n) is 2.04. The van der Waals surface area contributed by atoms with E-state index in [1.165, 1.54) is 18.2 Å². The number of carboxylic acids is 1. The van der Waals surface area contributed by atoms with Crippen molar-refractivity contribution in [2.75, 3.05) is 0 Å². The maximum Gasteiger partial charge on any atom is 0.349 e. The summed E-state index contributed by atoms with van der Waals surface area (Å²) in [6.45, 7) is 0. The highest BCUT2D eigenvalue weighted by Crippen LogP contribution is 2.30. The summed E-state index contributed by atoms with van der Waals surface area (Å²) >= 11 is 3.20. The van der Waals surface area contributed by atoms with Crippen LogP contribution >= 0.6 is 15.9 Å². The third-order valence-corrected chi connectivity index (χ3v) is 3.63. The number of carboxylic acid groups (broad SMARTS) is 1. The molecule has 0 saturated heterocycles. The molecule has 1 unspecified atom stereocenters. The largest absolute Gasteiger partial charge is 0.481 e. The van der Waals surface area contributed by atoms with Gasteiger partial charge in [-0.3, -0.25) is 4.79 Å². The SMILES string of the molecule is NC(CC(=O)O)c1cc(Br)ccc1OC(=O)c1c(F)cccc1F. The molecule has 2 aromatic carbocycles. The van der Waals surface area contributed by atoms with Gasteiger partial charge in [0.15, 0.2) is 0 Å². The molecule has 0 aromatic heterocycles. The lowest BCUT2D eigenvalue weighted by Gasteiger charge is -2.15. The van der Waals surface area contributed by atoms with Crippen LogP contribution in [0.2, 0.25) is 0 Å². The molecule has 0 radical (unpaired) electrons. The van der Waals surface area contributed by atoms with Crippen molar-refractivity contribution in [2.24, 2.45) is 5.73 Å². The van der Waals surface area contributed by atoms with E-state index in [0.717, 1.165) is 18.2 Å². The molecule has 2 rings (SSSR count). The van der Waals surface area contributed by atoms with Gasteiger partial charge in [0.2, 0.25) is 0 Å². The first kappa shape index (κ1) is 18.0. The lowest BCUT2D eigenvalue weighted by Crippen LogP contribution is -2.19. The zero-order valence-electron chi connectivity index (χ0n) is 12.1. The summed E-state index contributed by atoms with van der Waals surface area (Å²) < 4.78 is 32.9. The van der Waals surface area contributed by atoms with Crippen LogP contribution in [0.4, 0.5) is 8.78 Å². The molecule has 0 aliphatic carbocycles. The van der Waals surface area contributed by atoms with Gasteiger partial charge < -0.3 is 15.6 Å². The predicted molar refractivity (Wildman–Crippen MR) is 84.6 cm³/mol. The van der Waals surface area contributed by atoms with Crippen LogP contribution in [-0.2, 0) is 4.79 Å². The van der Waals surface area contributed by atoms with Gasteiger partial charge in [0.1, 0.15) is 22.9 Å². The second kappa shape index (κ2) is 7.50. The minimum absolute atomic E-state index is 0.0698. The summed E-state index contributed by atoms with van der Waals surface area (Å²) in [5, 5.41) is 8.84. The minimum Gasteiger partial charge on any atom is -0.481 e. The minimum atomic E-state index is -1.24. The molecule has 0 heterocycles. The monoisotopic (exact) mass is 399 g/mol. The zero-order valence-corrected chi connectivity index (χ0v) is 13.7. The van der Waals surface area contributed by atoms with E-state index in [9.17, 15) is 18.4 Å². The van der Waals surface area contributed by atoms with E-state index in [1.54, 1.807) is 0 Å². The van der Waals surface area contributed by atoms with E-state index in [0.29, 0.717) is 4.47 Å². The number of esters is 1. The lowest BCUT2D eigenvalue weighted by atomic mass is 10.0. The van der Waals surface area contributed by atoms with Crippen LogP contribution in [0.25, 0.3) is 0 Å². The topological polar surface area (TPSA) is 89.6 Å². The Labute approximate surface area is 144 Å². The molecule has 5 nitrogen and oxygen atoms in total. The third kappa shape index (κ3) is 4.15. The Morgan fingerprint density at radius 3 is 2.42 bits per heavy atom. The Morgan fingerprint density at radius 1 is 1.21 bits per heavy atom. The van der Waals surface area contributed by atoms with Crippen molar-refractivity contribution in [1.82, 2.24) is 0 Å². The summed E-state index contributed by atoms with van der Waals surface area (Å²) in [7, 11) is 0. The predicted octanol–water partition coefficient (Wildman–Crippen LogP) is 3.42. The molecular formula is C16H12BrF2NO4. The van der Waals surface area contributed by atoms with Crippen LogP contribution in [0, 0.1) is 11.6 Å². The Bertz CT molecular complexity index is 777. The van der Waals surface area contributed by atoms with Gasteiger partial charge in [-0.05, 0) is 30.3 Å². The third-order valence-electron chi connectivity index (χ3n) is 3.14. The van der Waals surface area contributed by atoms with Crippen molar-refractivity contribution in [3.8, 4) is 5.75 Å². The molecule has 0 fully saturated rings. The Hall–Kier alpha value is -2.32. The van der Waals surface area contributed by atoms with Crippen molar-refractivity contribution in [3.63, 3.8) is 0 Å². The quantitative estimate of drug-likeness (QED) is 0.593. The van der Waals surface area contributed by atoms with Crippen LogP contribution in [0.3, 0.4) is 0 Å². The van der Waals surface area contributed by atoms with Gasteiger partial charge in [0.25, 0.3) is 0 Å². The summed E-state index contributed by atoms with van der Waals surface area (Å²) in [6, 6.07) is 6.38. The smallest absolute Gasteiger partial charge is 0.349 e. The number of benzene rings is 2. The summed E-state index contributed by atoms with van der Waals surface area (Å²) in [4.78, 5) is 22.9. The highest BCUT2D eigenvalue weighted by molar-refractivity contribution is 9.10. The number of rotatable bonds is 5. The summed E-state index contributed by atoms with van der Waals surface area (Å²) in [5.41, 5.74) is 5.18. The Morgan fingerprint density at radius 2 is 1.83 bits per heavy atom. The maximum atomic E-state index is 13.6. The van der Waals surface area contributed by atoms with E-state index < -0.39 is 41.6 Å². The molecule has 0 bridgehead atoms. The number of hydrogen-bond donors (Lipinski definition) is 2. The molecule has 8 heteroatoms. The molecule has 0 saturated carbocycles. The first-order valence-electron chi connectivity index (χ1n) is 6.72. The summed E-state index contributed by atoms with van der Waals surface area (Å²) in [6.07, 6.45) is -0.408. The number of hydrogen-bond acceptors (Lipinski definition) is 4. The highest BCUT2D eigenvalue weighted by Gasteiger charge is 2.22. The Balaban J connectivity index is 2.36.